The molecule has 0 aliphatic rings. The van der Waals surface area contributed by atoms with E-state index in [9.17, 15) is 6.85 Å². The monoisotopic (exact) mass is 553 g/mol. The lowest BCUT2D eigenvalue weighted by molar-refractivity contribution is 0.669. The molecule has 0 atom stereocenters. The van der Waals surface area contributed by atoms with Crippen LogP contribution < -0.4 is 0 Å². The molecule has 1 heterocycles. The molecule has 0 aliphatic heterocycles. The Balaban J connectivity index is 1.64. The molecule has 0 amide bonds. The molecule has 0 aliphatic carbocycles. The van der Waals surface area contributed by atoms with Crippen molar-refractivity contribution in [2.24, 2.45) is 0 Å². The minimum Gasteiger partial charge on any atom is -0.456 e. The first kappa shape index (κ1) is 18.0. The Kier molecular flexibility index (Phi) is 3.95. The Morgan fingerprint density at radius 2 is 1.05 bits per heavy atom. The van der Waals surface area contributed by atoms with E-state index in [4.69, 9.17) is 7.16 Å². The van der Waals surface area contributed by atoms with Crippen LogP contribution in [-0.2, 0) is 0 Å². The van der Waals surface area contributed by atoms with E-state index in [0.29, 0.717) is 44.4 Å². The van der Waals surface area contributed by atoms with E-state index in [0.717, 1.165) is 21.5 Å². The van der Waals surface area contributed by atoms with Crippen LogP contribution in [0.1, 0.15) is 9.60 Å². The minimum atomic E-state index is -0.402. The highest BCUT2D eigenvalue weighted by Gasteiger charge is 2.21. The predicted octanol–water partition coefficient (Wildman–Crippen LogP) is 12.0. The molecule has 0 spiro atoms. The van der Waals surface area contributed by atoms with Crippen LogP contribution >= 0.6 is 0 Å². The smallest absolute Gasteiger partial charge is 0.136 e. The first-order valence-electron chi connectivity index (χ1n) is 17.7. The van der Waals surface area contributed by atoms with Crippen molar-refractivity contribution in [3.8, 4) is 33.4 Å². The van der Waals surface area contributed by atoms with E-state index in [-0.39, 0.29) is 58.0 Å². The fourth-order valence-corrected chi connectivity index (χ4v) is 6.43. The second-order valence-electron chi connectivity index (χ2n) is 10.7. The normalized spacial score (nSPS) is 14.0. The fraction of sp³-hybridized carbons (Fsp3) is 0. The first-order chi connectivity index (χ1) is 24.3. The minimum absolute atomic E-state index is 0.00919. The van der Waals surface area contributed by atoms with Crippen LogP contribution in [0.5, 0.6) is 0 Å². The van der Waals surface area contributed by atoms with Crippen LogP contribution in [0.2, 0.25) is 0 Å². The number of hydrogen-bond donors (Lipinski definition) is 0. The van der Waals surface area contributed by atoms with E-state index in [1.807, 2.05) is 115 Å². The lowest BCUT2D eigenvalue weighted by atomic mass is 9.83. The maximum atomic E-state index is 9.92. The topological polar surface area (TPSA) is 13.1 Å². The Hall–Kier alpha value is -5.66. The summed E-state index contributed by atoms with van der Waals surface area (Å²) in [6.07, 6.45) is 0. The summed E-state index contributed by atoms with van der Waals surface area (Å²) >= 11 is 0. The van der Waals surface area contributed by atoms with Gasteiger partial charge in [0.05, 0.1) is 9.60 Å². The molecule has 0 fully saturated rings. The van der Waals surface area contributed by atoms with Crippen molar-refractivity contribution in [2.45, 2.75) is 0 Å². The fourth-order valence-electron chi connectivity index (χ4n) is 6.43. The molecule has 1 heteroatoms. The van der Waals surface area contributed by atoms with Gasteiger partial charge in [-0.3, -0.25) is 0 Å². The summed E-state index contributed by atoms with van der Waals surface area (Å²) in [6.45, 7) is 0. The zero-order valence-corrected chi connectivity index (χ0v) is 22.9. The van der Waals surface area contributed by atoms with Gasteiger partial charge in [0.25, 0.3) is 0 Å². The molecule has 0 radical (unpaired) electrons. The molecule has 43 heavy (non-hydrogen) atoms. The number of para-hydroxylation sites is 1. The first-order valence-corrected chi connectivity index (χ1v) is 14.2. The average Bonchev–Trinajstić information content (AvgIpc) is 3.54. The Labute approximate surface area is 259 Å². The van der Waals surface area contributed by atoms with Gasteiger partial charge < -0.3 is 4.42 Å². The molecule has 0 saturated carbocycles. The lowest BCUT2D eigenvalue weighted by Gasteiger charge is -2.20. The number of furan rings is 1. The summed E-state index contributed by atoms with van der Waals surface area (Å²) in [5.74, 6) is 0. The molecule has 0 unspecified atom stereocenters. The van der Waals surface area contributed by atoms with Gasteiger partial charge in [0.15, 0.2) is 0 Å². The molecule has 9 rings (SSSR count). The van der Waals surface area contributed by atoms with Gasteiger partial charge in [0.1, 0.15) is 11.2 Å². The summed E-state index contributed by atoms with van der Waals surface area (Å²) in [6, 6.07) is 34.3. The Morgan fingerprint density at radius 3 is 1.91 bits per heavy atom. The molecule has 8 aromatic carbocycles. The molecule has 0 bridgehead atoms. The van der Waals surface area contributed by atoms with Crippen molar-refractivity contribution in [3.63, 3.8) is 0 Å². The van der Waals surface area contributed by atoms with Crippen LogP contribution in [0.4, 0.5) is 0 Å². The van der Waals surface area contributed by atoms with Crippen molar-refractivity contribution in [3.05, 3.63) is 158 Å². The van der Waals surface area contributed by atoms with Gasteiger partial charge >= 0.3 is 0 Å². The van der Waals surface area contributed by atoms with Crippen LogP contribution in [0.15, 0.2) is 162 Å². The quantitative estimate of drug-likeness (QED) is 0.198. The SMILES string of the molecule is [2H]c1c([2H])c([2H])c2c(-c3cccc4oc5ccccc5c34)c3c([2H])c([2H])c(-c4ccccc4)c([2H])c3c(-c3cccc4ccccc34)c2c1[2H]. The number of hydrogen-bond acceptors (Lipinski definition) is 1. The van der Waals surface area contributed by atoms with Crippen LogP contribution in [0, 0.1) is 0 Å². The lowest BCUT2D eigenvalue weighted by Crippen LogP contribution is -1.93. The van der Waals surface area contributed by atoms with E-state index in [1.54, 1.807) is 0 Å². The summed E-state index contributed by atoms with van der Waals surface area (Å²) in [5.41, 5.74) is 4.19. The highest BCUT2D eigenvalue weighted by molar-refractivity contribution is 6.27. The largest absolute Gasteiger partial charge is 0.456 e. The maximum absolute atomic E-state index is 9.92. The molecule has 9 aromatic rings. The van der Waals surface area contributed by atoms with Gasteiger partial charge in [0, 0.05) is 10.8 Å². The molecular formula is C42H26O. The third-order valence-corrected chi connectivity index (χ3v) is 8.29. The second kappa shape index (κ2) is 9.44. The van der Waals surface area contributed by atoms with Crippen LogP contribution in [0.3, 0.4) is 0 Å². The van der Waals surface area contributed by atoms with E-state index >= 15 is 0 Å². The average molecular weight is 554 g/mol. The summed E-state index contributed by atoms with van der Waals surface area (Å²) < 4.78 is 71.9. The molecule has 1 aromatic heterocycles. The highest BCUT2D eigenvalue weighted by atomic mass is 16.3. The maximum Gasteiger partial charge on any atom is 0.136 e. The van der Waals surface area contributed by atoms with E-state index in [2.05, 4.69) is 0 Å². The van der Waals surface area contributed by atoms with Gasteiger partial charge in [-0.2, -0.15) is 0 Å². The molecule has 0 N–H and O–H groups in total. The zero-order valence-electron chi connectivity index (χ0n) is 29.9. The van der Waals surface area contributed by atoms with Crippen molar-refractivity contribution >= 4 is 54.3 Å². The van der Waals surface area contributed by atoms with Gasteiger partial charge in [-0.05, 0) is 83.9 Å². The number of fused-ring (bicyclic) bond motifs is 6. The Morgan fingerprint density at radius 1 is 0.419 bits per heavy atom. The third kappa shape index (κ3) is 3.65. The molecule has 0 saturated heterocycles. The third-order valence-electron chi connectivity index (χ3n) is 8.29. The highest BCUT2D eigenvalue weighted by Crippen LogP contribution is 2.48. The van der Waals surface area contributed by atoms with Gasteiger partial charge in [-0.1, -0.05) is 139 Å². The van der Waals surface area contributed by atoms with Crippen LogP contribution in [0.25, 0.3) is 87.6 Å². The van der Waals surface area contributed by atoms with E-state index < -0.39 is 6.04 Å². The second-order valence-corrected chi connectivity index (χ2v) is 10.7. The number of benzene rings is 8. The predicted molar refractivity (Wildman–Crippen MR) is 183 cm³/mol. The summed E-state index contributed by atoms with van der Waals surface area (Å²) in [4.78, 5) is 0. The zero-order chi connectivity index (χ0) is 34.4. The van der Waals surface area contributed by atoms with Crippen molar-refractivity contribution in [1.82, 2.24) is 0 Å². The summed E-state index contributed by atoms with van der Waals surface area (Å²) in [5, 5.41) is 4.39. The van der Waals surface area contributed by atoms with E-state index in [1.165, 1.54) is 0 Å². The number of rotatable bonds is 3. The van der Waals surface area contributed by atoms with Gasteiger partial charge in [-0.25, -0.2) is 0 Å². The molecule has 1 nitrogen and oxygen atoms in total. The van der Waals surface area contributed by atoms with Crippen LogP contribution in [-0.4, -0.2) is 0 Å². The summed E-state index contributed by atoms with van der Waals surface area (Å²) in [7, 11) is 0. The molecule has 200 valence electrons. The Bertz CT molecular complexity index is 2890. The standard InChI is InChI=1S/C42H26O/c1-2-12-27(13-3-1)29-24-25-34-37(26-29)41(31-20-10-15-28-14-4-5-16-30(28)31)33-18-7-6-17-32(33)40(34)36-21-11-23-39-42(36)35-19-8-9-22-38(35)43-39/h1-26H/i6D,7D,17D,18D,24D,25D,26D. The molecular weight excluding hydrogens is 520 g/mol. The van der Waals surface area contributed by atoms with Crippen molar-refractivity contribution in [2.75, 3.05) is 0 Å². The van der Waals surface area contributed by atoms with Crippen molar-refractivity contribution < 1.29 is 14.0 Å². The van der Waals surface area contributed by atoms with Crippen molar-refractivity contribution in [1.29, 1.82) is 0 Å². The van der Waals surface area contributed by atoms with Gasteiger partial charge in [0.2, 0.25) is 0 Å². The van der Waals surface area contributed by atoms with Gasteiger partial charge in [-0.15, -0.1) is 0 Å².